The molecule has 4 N–H and O–H groups in total. The lowest BCUT2D eigenvalue weighted by Gasteiger charge is -2.25. The van der Waals surface area contributed by atoms with Crippen LogP contribution in [0.3, 0.4) is 0 Å². The molecule has 0 saturated carbocycles. The third kappa shape index (κ3) is 2.37. The molecule has 1 aromatic carbocycles. The Morgan fingerprint density at radius 2 is 1.78 bits per heavy atom. The fourth-order valence-corrected chi connectivity index (χ4v) is 2.07. The molecule has 0 bridgehead atoms. The average molecular weight is 247 g/mol. The predicted octanol–water partition coefficient (Wildman–Crippen LogP) is 0.608. The van der Waals surface area contributed by atoms with Gasteiger partial charge in [-0.15, -0.1) is 0 Å². The van der Waals surface area contributed by atoms with Crippen LogP contribution in [-0.4, -0.2) is 41.5 Å². The van der Waals surface area contributed by atoms with Crippen LogP contribution in [0.1, 0.15) is 0 Å². The van der Waals surface area contributed by atoms with E-state index in [4.69, 9.17) is 15.9 Å². The van der Waals surface area contributed by atoms with Crippen molar-refractivity contribution >= 4 is 22.3 Å². The van der Waals surface area contributed by atoms with Crippen molar-refractivity contribution in [1.29, 1.82) is 0 Å². The van der Waals surface area contributed by atoms with E-state index < -0.39 is 0 Å². The quantitative estimate of drug-likeness (QED) is 0.721. The number of hydrogen-bond donors (Lipinski definition) is 3. The lowest BCUT2D eigenvalue weighted by Crippen LogP contribution is -2.30. The zero-order valence-electron chi connectivity index (χ0n) is 10.1. The SMILES string of the molecule is Nc1cnc2ccccc2c1N(CCO)CCO. The minimum absolute atomic E-state index is 0.0100. The van der Waals surface area contributed by atoms with E-state index >= 15 is 0 Å². The summed E-state index contributed by atoms with van der Waals surface area (Å²) in [4.78, 5) is 6.14. The smallest absolute Gasteiger partial charge is 0.0745 e. The van der Waals surface area contributed by atoms with Crippen LogP contribution >= 0.6 is 0 Å². The first kappa shape index (κ1) is 12.6. The van der Waals surface area contributed by atoms with Crippen molar-refractivity contribution in [3.8, 4) is 0 Å². The molecule has 96 valence electrons. The lowest BCUT2D eigenvalue weighted by atomic mass is 10.1. The van der Waals surface area contributed by atoms with Crippen molar-refractivity contribution in [3.05, 3.63) is 30.5 Å². The fraction of sp³-hybridized carbons (Fsp3) is 0.308. The summed E-state index contributed by atoms with van der Waals surface area (Å²) in [6.45, 7) is 0.879. The van der Waals surface area contributed by atoms with E-state index in [1.165, 1.54) is 0 Å². The first-order valence-electron chi connectivity index (χ1n) is 5.88. The number of aliphatic hydroxyl groups excluding tert-OH is 2. The van der Waals surface area contributed by atoms with Gasteiger partial charge in [-0.1, -0.05) is 18.2 Å². The Bertz CT molecular complexity index is 525. The maximum atomic E-state index is 9.11. The number of aliphatic hydroxyl groups is 2. The number of benzene rings is 1. The zero-order valence-corrected chi connectivity index (χ0v) is 10.1. The first-order chi connectivity index (χ1) is 8.77. The van der Waals surface area contributed by atoms with Crippen molar-refractivity contribution in [1.82, 2.24) is 4.98 Å². The highest BCUT2D eigenvalue weighted by Gasteiger charge is 2.13. The van der Waals surface area contributed by atoms with Gasteiger partial charge in [0.05, 0.1) is 36.3 Å². The van der Waals surface area contributed by atoms with Gasteiger partial charge < -0.3 is 20.8 Å². The number of nitrogen functional groups attached to an aromatic ring is 1. The summed E-state index contributed by atoms with van der Waals surface area (Å²) in [7, 11) is 0. The third-order valence-electron chi connectivity index (χ3n) is 2.83. The Hall–Kier alpha value is -1.85. The number of fused-ring (bicyclic) bond motifs is 1. The van der Waals surface area contributed by atoms with Crippen LogP contribution < -0.4 is 10.6 Å². The monoisotopic (exact) mass is 247 g/mol. The van der Waals surface area contributed by atoms with Crippen LogP contribution in [0.2, 0.25) is 0 Å². The molecule has 0 unspecified atom stereocenters. The van der Waals surface area contributed by atoms with Crippen molar-refractivity contribution in [3.63, 3.8) is 0 Å². The van der Waals surface area contributed by atoms with E-state index in [0.29, 0.717) is 18.8 Å². The van der Waals surface area contributed by atoms with Gasteiger partial charge in [0.15, 0.2) is 0 Å². The van der Waals surface area contributed by atoms with E-state index in [0.717, 1.165) is 16.6 Å². The minimum atomic E-state index is 0.0100. The third-order valence-corrected chi connectivity index (χ3v) is 2.83. The Morgan fingerprint density at radius 1 is 1.11 bits per heavy atom. The number of para-hydroxylation sites is 1. The summed E-state index contributed by atoms with van der Waals surface area (Å²) < 4.78 is 0. The van der Waals surface area contributed by atoms with Crippen molar-refractivity contribution in [2.45, 2.75) is 0 Å². The molecule has 5 nitrogen and oxygen atoms in total. The van der Waals surface area contributed by atoms with Gasteiger partial charge in [-0.25, -0.2) is 0 Å². The number of hydrogen-bond acceptors (Lipinski definition) is 5. The molecule has 0 aliphatic carbocycles. The molecular formula is C13H17N3O2. The first-order valence-corrected chi connectivity index (χ1v) is 5.88. The standard InChI is InChI=1S/C13H17N3O2/c14-11-9-15-12-4-2-1-3-10(12)13(11)16(5-7-17)6-8-18/h1-4,9,17-18H,5-8,14H2. The molecule has 2 aromatic rings. The van der Waals surface area contributed by atoms with Crippen molar-refractivity contribution in [2.75, 3.05) is 36.9 Å². The van der Waals surface area contributed by atoms with Gasteiger partial charge in [0.25, 0.3) is 0 Å². The van der Waals surface area contributed by atoms with Crippen LogP contribution in [0, 0.1) is 0 Å². The molecule has 1 aromatic heterocycles. The Labute approximate surface area is 105 Å². The normalized spacial score (nSPS) is 10.8. The average Bonchev–Trinajstić information content (AvgIpc) is 2.38. The highest BCUT2D eigenvalue weighted by molar-refractivity contribution is 5.97. The molecule has 1 heterocycles. The second-order valence-corrected chi connectivity index (χ2v) is 4.01. The second kappa shape index (κ2) is 5.66. The van der Waals surface area contributed by atoms with Gasteiger partial charge in [-0.3, -0.25) is 4.98 Å². The van der Waals surface area contributed by atoms with Gasteiger partial charge in [-0.05, 0) is 6.07 Å². The second-order valence-electron chi connectivity index (χ2n) is 4.01. The van der Waals surface area contributed by atoms with Crippen molar-refractivity contribution < 1.29 is 10.2 Å². The predicted molar refractivity (Wildman–Crippen MR) is 72.5 cm³/mol. The Kier molecular flexibility index (Phi) is 3.96. The molecular weight excluding hydrogens is 230 g/mol. The molecule has 0 radical (unpaired) electrons. The molecule has 0 spiro atoms. The highest BCUT2D eigenvalue weighted by atomic mass is 16.3. The molecule has 0 saturated heterocycles. The fourth-order valence-electron chi connectivity index (χ4n) is 2.07. The van der Waals surface area contributed by atoms with Crippen LogP contribution in [0.5, 0.6) is 0 Å². The molecule has 18 heavy (non-hydrogen) atoms. The van der Waals surface area contributed by atoms with Crippen LogP contribution in [0.25, 0.3) is 10.9 Å². The van der Waals surface area contributed by atoms with E-state index in [1.807, 2.05) is 29.2 Å². The molecule has 2 rings (SSSR count). The molecule has 0 aliphatic heterocycles. The van der Waals surface area contributed by atoms with Gasteiger partial charge in [0.1, 0.15) is 0 Å². The molecule has 0 fully saturated rings. The zero-order chi connectivity index (χ0) is 13.0. The molecule has 5 heteroatoms. The number of pyridine rings is 1. The maximum absolute atomic E-state index is 9.11. The summed E-state index contributed by atoms with van der Waals surface area (Å²) >= 11 is 0. The maximum Gasteiger partial charge on any atom is 0.0745 e. The number of anilines is 2. The molecule has 0 atom stereocenters. The van der Waals surface area contributed by atoms with Crippen LogP contribution in [0.15, 0.2) is 30.5 Å². The highest BCUT2D eigenvalue weighted by Crippen LogP contribution is 2.30. The number of aromatic nitrogens is 1. The van der Waals surface area contributed by atoms with Gasteiger partial charge in [0.2, 0.25) is 0 Å². The number of rotatable bonds is 5. The minimum Gasteiger partial charge on any atom is -0.396 e. The Morgan fingerprint density at radius 3 is 2.44 bits per heavy atom. The van der Waals surface area contributed by atoms with Gasteiger partial charge >= 0.3 is 0 Å². The van der Waals surface area contributed by atoms with E-state index in [-0.39, 0.29) is 13.2 Å². The number of nitrogens with two attached hydrogens (primary N) is 1. The molecule has 0 aliphatic rings. The summed E-state index contributed by atoms with van der Waals surface area (Å²) in [6, 6.07) is 7.69. The van der Waals surface area contributed by atoms with E-state index in [9.17, 15) is 0 Å². The Balaban J connectivity index is 2.55. The van der Waals surface area contributed by atoms with E-state index in [2.05, 4.69) is 4.98 Å². The van der Waals surface area contributed by atoms with Crippen LogP contribution in [-0.2, 0) is 0 Å². The summed E-state index contributed by atoms with van der Waals surface area (Å²) in [5.74, 6) is 0. The summed E-state index contributed by atoms with van der Waals surface area (Å²) in [6.07, 6.45) is 1.61. The molecule has 0 amide bonds. The van der Waals surface area contributed by atoms with Crippen LogP contribution in [0.4, 0.5) is 11.4 Å². The van der Waals surface area contributed by atoms with Gasteiger partial charge in [-0.2, -0.15) is 0 Å². The van der Waals surface area contributed by atoms with Crippen molar-refractivity contribution in [2.24, 2.45) is 0 Å². The lowest BCUT2D eigenvalue weighted by molar-refractivity contribution is 0.281. The van der Waals surface area contributed by atoms with Gasteiger partial charge in [0, 0.05) is 18.5 Å². The number of nitrogens with zero attached hydrogens (tertiary/aromatic N) is 2. The largest absolute Gasteiger partial charge is 0.396 e. The summed E-state index contributed by atoms with van der Waals surface area (Å²) in [5.41, 5.74) is 8.20. The topological polar surface area (TPSA) is 82.6 Å². The van der Waals surface area contributed by atoms with E-state index in [1.54, 1.807) is 6.20 Å². The summed E-state index contributed by atoms with van der Waals surface area (Å²) in [5, 5.41) is 19.1.